The molecule has 0 bridgehead atoms. The van der Waals surface area contributed by atoms with E-state index in [2.05, 4.69) is 60.6 Å². The zero-order valence-electron chi connectivity index (χ0n) is 11.6. The van der Waals surface area contributed by atoms with Gasteiger partial charge in [-0.1, -0.05) is 48.0 Å². The zero-order chi connectivity index (χ0) is 13.9. The Labute approximate surface area is 123 Å². The molecule has 0 aliphatic rings. The number of hydrogen-bond acceptors (Lipinski definition) is 3. The van der Waals surface area contributed by atoms with Crippen molar-refractivity contribution in [3.63, 3.8) is 0 Å². The first-order valence-corrected chi connectivity index (χ1v) is 7.43. The second-order valence-electron chi connectivity index (χ2n) is 4.77. The SMILES string of the molecule is Cc1ccc(N(C)c2csc(-c3ccccc3)n2)cc1. The van der Waals surface area contributed by atoms with E-state index in [0.717, 1.165) is 16.5 Å². The second-order valence-corrected chi connectivity index (χ2v) is 5.63. The van der Waals surface area contributed by atoms with Gasteiger partial charge >= 0.3 is 0 Å². The van der Waals surface area contributed by atoms with Crippen LogP contribution in [0.1, 0.15) is 5.56 Å². The minimum atomic E-state index is 0.984. The number of benzene rings is 2. The molecule has 1 aromatic heterocycles. The van der Waals surface area contributed by atoms with Crippen LogP contribution in [0.15, 0.2) is 60.0 Å². The Morgan fingerprint density at radius 3 is 2.35 bits per heavy atom. The molecule has 0 N–H and O–H groups in total. The van der Waals surface area contributed by atoms with E-state index in [1.54, 1.807) is 11.3 Å². The van der Waals surface area contributed by atoms with Crippen LogP contribution < -0.4 is 4.90 Å². The van der Waals surface area contributed by atoms with E-state index in [-0.39, 0.29) is 0 Å². The molecule has 100 valence electrons. The van der Waals surface area contributed by atoms with Gasteiger partial charge in [-0.05, 0) is 19.1 Å². The maximum atomic E-state index is 4.72. The fourth-order valence-corrected chi connectivity index (χ4v) is 2.88. The Hall–Kier alpha value is -2.13. The molecule has 0 atom stereocenters. The van der Waals surface area contributed by atoms with Crippen molar-refractivity contribution in [3.8, 4) is 10.6 Å². The Morgan fingerprint density at radius 2 is 1.65 bits per heavy atom. The number of aryl methyl sites for hydroxylation is 1. The summed E-state index contributed by atoms with van der Waals surface area (Å²) in [4.78, 5) is 6.84. The van der Waals surface area contributed by atoms with Crippen LogP contribution in [0.5, 0.6) is 0 Å². The molecule has 0 amide bonds. The standard InChI is InChI=1S/C17H16N2S/c1-13-8-10-15(11-9-13)19(2)16-12-20-17(18-16)14-6-4-3-5-7-14/h3-12H,1-2H3. The van der Waals surface area contributed by atoms with Crippen molar-refractivity contribution in [1.29, 1.82) is 0 Å². The van der Waals surface area contributed by atoms with Gasteiger partial charge in [-0.3, -0.25) is 0 Å². The second kappa shape index (κ2) is 5.47. The molecular weight excluding hydrogens is 264 g/mol. The van der Waals surface area contributed by atoms with Crippen molar-refractivity contribution in [2.75, 3.05) is 11.9 Å². The normalized spacial score (nSPS) is 10.5. The quantitative estimate of drug-likeness (QED) is 0.679. The maximum Gasteiger partial charge on any atom is 0.144 e. The highest BCUT2D eigenvalue weighted by atomic mass is 32.1. The van der Waals surface area contributed by atoms with Crippen LogP contribution in [-0.4, -0.2) is 12.0 Å². The van der Waals surface area contributed by atoms with Crippen LogP contribution in [0, 0.1) is 6.92 Å². The van der Waals surface area contributed by atoms with Gasteiger partial charge in [-0.2, -0.15) is 0 Å². The van der Waals surface area contributed by atoms with Crippen molar-refractivity contribution in [2.24, 2.45) is 0 Å². The van der Waals surface area contributed by atoms with Gasteiger partial charge in [0.2, 0.25) is 0 Å². The third-order valence-electron chi connectivity index (χ3n) is 3.28. The third-order valence-corrected chi connectivity index (χ3v) is 4.16. The van der Waals surface area contributed by atoms with Crippen LogP contribution in [-0.2, 0) is 0 Å². The lowest BCUT2D eigenvalue weighted by Gasteiger charge is -2.16. The molecule has 1 heterocycles. The zero-order valence-corrected chi connectivity index (χ0v) is 12.4. The maximum absolute atomic E-state index is 4.72. The van der Waals surface area contributed by atoms with E-state index in [4.69, 9.17) is 4.98 Å². The lowest BCUT2D eigenvalue weighted by Crippen LogP contribution is -2.09. The van der Waals surface area contributed by atoms with Crippen molar-refractivity contribution < 1.29 is 0 Å². The van der Waals surface area contributed by atoms with Crippen molar-refractivity contribution in [3.05, 3.63) is 65.5 Å². The summed E-state index contributed by atoms with van der Waals surface area (Å²) >= 11 is 1.68. The molecule has 2 nitrogen and oxygen atoms in total. The predicted octanol–water partition coefficient (Wildman–Crippen LogP) is 4.89. The molecule has 3 rings (SSSR count). The average Bonchev–Trinajstić information content (AvgIpc) is 2.98. The summed E-state index contributed by atoms with van der Waals surface area (Å²) in [5.74, 6) is 0.984. The van der Waals surface area contributed by atoms with Crippen molar-refractivity contribution >= 4 is 22.8 Å². The molecule has 0 aliphatic carbocycles. The van der Waals surface area contributed by atoms with E-state index in [1.165, 1.54) is 11.1 Å². The fraction of sp³-hybridized carbons (Fsp3) is 0.118. The van der Waals surface area contributed by atoms with Crippen LogP contribution in [0.2, 0.25) is 0 Å². The van der Waals surface area contributed by atoms with E-state index in [1.807, 2.05) is 18.2 Å². The van der Waals surface area contributed by atoms with Gasteiger partial charge in [0, 0.05) is 23.7 Å². The molecular formula is C17H16N2S. The molecule has 0 fully saturated rings. The van der Waals surface area contributed by atoms with Gasteiger partial charge in [0.05, 0.1) is 0 Å². The molecule has 3 aromatic rings. The number of nitrogens with zero attached hydrogens (tertiary/aromatic N) is 2. The summed E-state index contributed by atoms with van der Waals surface area (Å²) in [6.07, 6.45) is 0. The molecule has 0 spiro atoms. The van der Waals surface area contributed by atoms with E-state index in [0.29, 0.717) is 0 Å². The van der Waals surface area contributed by atoms with Gasteiger partial charge in [0.15, 0.2) is 0 Å². The van der Waals surface area contributed by atoms with Gasteiger partial charge in [-0.25, -0.2) is 4.98 Å². The van der Waals surface area contributed by atoms with Crippen molar-refractivity contribution in [1.82, 2.24) is 4.98 Å². The monoisotopic (exact) mass is 280 g/mol. The molecule has 0 saturated carbocycles. The number of thiazole rings is 1. The summed E-state index contributed by atoms with van der Waals surface area (Å²) in [6.45, 7) is 2.10. The summed E-state index contributed by atoms with van der Waals surface area (Å²) in [5, 5.41) is 3.15. The van der Waals surface area contributed by atoms with E-state index >= 15 is 0 Å². The summed E-state index contributed by atoms with van der Waals surface area (Å²) < 4.78 is 0. The average molecular weight is 280 g/mol. The molecule has 2 aromatic carbocycles. The lowest BCUT2D eigenvalue weighted by atomic mass is 10.2. The first-order valence-electron chi connectivity index (χ1n) is 6.55. The van der Waals surface area contributed by atoms with Crippen LogP contribution in [0.25, 0.3) is 10.6 Å². The lowest BCUT2D eigenvalue weighted by molar-refractivity contribution is 1.15. The minimum Gasteiger partial charge on any atom is -0.329 e. The summed E-state index contributed by atoms with van der Waals surface area (Å²) in [7, 11) is 2.05. The van der Waals surface area contributed by atoms with Crippen LogP contribution >= 0.6 is 11.3 Å². The fourth-order valence-electron chi connectivity index (χ4n) is 2.03. The highest BCUT2D eigenvalue weighted by Gasteiger charge is 2.09. The van der Waals surface area contributed by atoms with Gasteiger partial charge in [0.1, 0.15) is 10.8 Å². The minimum absolute atomic E-state index is 0.984. The summed E-state index contributed by atoms with van der Waals surface area (Å²) in [5.41, 5.74) is 3.59. The topological polar surface area (TPSA) is 16.1 Å². The Morgan fingerprint density at radius 1 is 0.950 bits per heavy atom. The number of anilines is 2. The number of rotatable bonds is 3. The summed E-state index contributed by atoms with van der Waals surface area (Å²) in [6, 6.07) is 18.8. The Balaban J connectivity index is 1.88. The number of hydrogen-bond donors (Lipinski definition) is 0. The van der Waals surface area contributed by atoms with Gasteiger partial charge < -0.3 is 4.90 Å². The molecule has 0 saturated heterocycles. The predicted molar refractivity (Wildman–Crippen MR) is 86.8 cm³/mol. The largest absolute Gasteiger partial charge is 0.329 e. The van der Waals surface area contributed by atoms with Crippen molar-refractivity contribution in [2.45, 2.75) is 6.92 Å². The van der Waals surface area contributed by atoms with Gasteiger partial charge in [0.25, 0.3) is 0 Å². The smallest absolute Gasteiger partial charge is 0.144 e. The highest BCUT2D eigenvalue weighted by molar-refractivity contribution is 7.13. The molecule has 3 heteroatoms. The van der Waals surface area contributed by atoms with Gasteiger partial charge in [-0.15, -0.1) is 11.3 Å². The first kappa shape index (κ1) is 12.9. The Bertz CT molecular complexity index is 687. The van der Waals surface area contributed by atoms with E-state index in [9.17, 15) is 0 Å². The molecule has 0 unspecified atom stereocenters. The first-order chi connectivity index (χ1) is 9.74. The molecule has 0 aliphatic heterocycles. The van der Waals surface area contributed by atoms with Crippen LogP contribution in [0.3, 0.4) is 0 Å². The molecule has 0 radical (unpaired) electrons. The highest BCUT2D eigenvalue weighted by Crippen LogP contribution is 2.30. The molecule has 20 heavy (non-hydrogen) atoms. The Kier molecular flexibility index (Phi) is 3.52. The van der Waals surface area contributed by atoms with E-state index < -0.39 is 0 Å². The number of aromatic nitrogens is 1. The van der Waals surface area contributed by atoms with Crippen LogP contribution in [0.4, 0.5) is 11.5 Å². The third kappa shape index (κ3) is 2.58.